The van der Waals surface area contributed by atoms with Gasteiger partial charge in [0.05, 0.1) is 7.11 Å². The van der Waals surface area contributed by atoms with Gasteiger partial charge in [0.1, 0.15) is 0 Å². The van der Waals surface area contributed by atoms with Gasteiger partial charge in [-0.15, -0.1) is 0 Å². The van der Waals surface area contributed by atoms with Gasteiger partial charge in [-0.2, -0.15) is 0 Å². The number of methoxy groups -OCH3 is 1. The number of rotatable bonds is 6. The summed E-state index contributed by atoms with van der Waals surface area (Å²) in [7, 11) is 7.47. The Bertz CT molecular complexity index is 419. The molecule has 0 aromatic heterocycles. The maximum absolute atomic E-state index is 14.2. The Morgan fingerprint density at radius 1 is 1.37 bits per heavy atom. The molecule has 0 saturated heterocycles. The van der Waals surface area contributed by atoms with Crippen molar-refractivity contribution in [2.24, 2.45) is 0 Å². The zero-order valence-corrected chi connectivity index (χ0v) is 12.7. The second-order valence-corrected chi connectivity index (χ2v) is 5.53. The molecule has 3 nitrogen and oxygen atoms in total. The lowest BCUT2D eigenvalue weighted by Crippen LogP contribution is -2.55. The van der Waals surface area contributed by atoms with Gasteiger partial charge in [0, 0.05) is 11.6 Å². The van der Waals surface area contributed by atoms with Crippen LogP contribution in [-0.4, -0.2) is 44.7 Å². The Morgan fingerprint density at radius 3 is 2.47 bits per heavy atom. The third-order valence-electron chi connectivity index (χ3n) is 4.04. The summed E-state index contributed by atoms with van der Waals surface area (Å²) in [5.74, 6) is 0.0369. The molecule has 1 unspecified atom stereocenters. The van der Waals surface area contributed by atoms with Crippen LogP contribution in [0.1, 0.15) is 19.4 Å². The van der Waals surface area contributed by atoms with Gasteiger partial charge in [-0.1, -0.05) is 12.1 Å². The molecule has 0 fully saturated rings. The van der Waals surface area contributed by atoms with Gasteiger partial charge in [0.15, 0.2) is 11.6 Å². The number of hydrogen-bond acceptors (Lipinski definition) is 3. The van der Waals surface area contributed by atoms with Crippen LogP contribution in [0.25, 0.3) is 0 Å². The molecule has 0 aliphatic rings. The average Bonchev–Trinajstić information content (AvgIpc) is 2.37. The molecule has 0 amide bonds. The fourth-order valence-electron chi connectivity index (χ4n) is 2.11. The normalized spacial score (nSPS) is 13.7. The Hall–Kier alpha value is -1.13. The maximum Gasteiger partial charge on any atom is 0.168 e. The molecule has 108 valence electrons. The van der Waals surface area contributed by atoms with Crippen LogP contribution in [0.4, 0.5) is 4.39 Å². The van der Waals surface area contributed by atoms with Crippen molar-refractivity contribution in [2.75, 3.05) is 28.3 Å². The van der Waals surface area contributed by atoms with Gasteiger partial charge in [0.2, 0.25) is 0 Å². The molecule has 0 saturated carbocycles. The molecule has 0 aliphatic heterocycles. The van der Waals surface area contributed by atoms with Gasteiger partial charge in [-0.25, -0.2) is 4.39 Å². The fraction of sp³-hybridized carbons (Fsp3) is 0.600. The first-order chi connectivity index (χ1) is 8.84. The highest BCUT2D eigenvalue weighted by Gasteiger charge is 2.31. The van der Waals surface area contributed by atoms with E-state index in [9.17, 15) is 4.39 Å². The topological polar surface area (TPSA) is 24.5 Å². The number of nitrogens with one attached hydrogen (secondary N) is 1. The van der Waals surface area contributed by atoms with Crippen molar-refractivity contribution in [1.29, 1.82) is 0 Å². The van der Waals surface area contributed by atoms with Crippen LogP contribution in [0.3, 0.4) is 0 Å². The average molecular weight is 268 g/mol. The van der Waals surface area contributed by atoms with E-state index in [4.69, 9.17) is 4.74 Å². The van der Waals surface area contributed by atoms with Gasteiger partial charge < -0.3 is 15.0 Å². The zero-order chi connectivity index (χ0) is 14.6. The minimum atomic E-state index is -0.264. The van der Waals surface area contributed by atoms with E-state index >= 15 is 0 Å². The summed E-state index contributed by atoms with van der Waals surface area (Å²) in [6.07, 6.45) is 0.616. The van der Waals surface area contributed by atoms with Gasteiger partial charge in [-0.05, 0) is 53.0 Å². The number of benzene rings is 1. The molecule has 0 heterocycles. The van der Waals surface area contributed by atoms with Crippen LogP contribution in [0.2, 0.25) is 0 Å². The van der Waals surface area contributed by atoms with Crippen molar-refractivity contribution in [2.45, 2.75) is 31.8 Å². The highest BCUT2D eigenvalue weighted by molar-refractivity contribution is 5.32. The Balaban J connectivity index is 3.00. The summed E-state index contributed by atoms with van der Waals surface area (Å²) in [6, 6.07) is 5.43. The van der Waals surface area contributed by atoms with Gasteiger partial charge >= 0.3 is 0 Å². The summed E-state index contributed by atoms with van der Waals surface area (Å²) < 4.78 is 19.2. The molecule has 1 aromatic carbocycles. The number of nitrogens with zero attached hydrogens (tertiary/aromatic N) is 1. The van der Waals surface area contributed by atoms with Gasteiger partial charge in [-0.3, -0.25) is 0 Å². The number of hydrogen-bond donors (Lipinski definition) is 1. The lowest BCUT2D eigenvalue weighted by Gasteiger charge is -2.40. The van der Waals surface area contributed by atoms with Crippen molar-refractivity contribution in [3.63, 3.8) is 0 Å². The van der Waals surface area contributed by atoms with Crippen molar-refractivity contribution >= 4 is 0 Å². The maximum atomic E-state index is 14.2. The third-order valence-corrected chi connectivity index (χ3v) is 4.04. The number of ether oxygens (including phenoxy) is 1. The molecule has 19 heavy (non-hydrogen) atoms. The minimum absolute atomic E-state index is 0.0791. The second kappa shape index (κ2) is 6.35. The molecule has 0 spiro atoms. The number of halogens is 1. The first-order valence-corrected chi connectivity index (χ1v) is 6.50. The molecule has 0 bridgehead atoms. The highest BCUT2D eigenvalue weighted by Crippen LogP contribution is 2.24. The predicted molar refractivity (Wildman–Crippen MR) is 77.3 cm³/mol. The van der Waals surface area contributed by atoms with Crippen molar-refractivity contribution in [1.82, 2.24) is 10.2 Å². The van der Waals surface area contributed by atoms with Crippen molar-refractivity contribution < 1.29 is 9.13 Å². The molecule has 0 aliphatic carbocycles. The SMILES string of the molecule is CNC(Cc1cccc(OC)c1F)C(C)(C)N(C)C. The Kier molecular flexibility index (Phi) is 5.32. The largest absolute Gasteiger partial charge is 0.494 e. The van der Waals surface area contributed by atoms with Crippen LogP contribution in [-0.2, 0) is 6.42 Å². The third kappa shape index (κ3) is 3.45. The summed E-state index contributed by atoms with van der Waals surface area (Å²) in [6.45, 7) is 4.29. The molecular weight excluding hydrogens is 243 g/mol. The first kappa shape index (κ1) is 15.9. The van der Waals surface area contributed by atoms with Gasteiger partial charge in [0.25, 0.3) is 0 Å². The van der Waals surface area contributed by atoms with Crippen LogP contribution in [0, 0.1) is 5.82 Å². The molecule has 1 rings (SSSR count). The number of likely N-dealkylation sites (N-methyl/N-ethyl adjacent to an activating group) is 2. The van der Waals surface area contributed by atoms with E-state index in [0.717, 1.165) is 0 Å². The van der Waals surface area contributed by atoms with Crippen LogP contribution >= 0.6 is 0 Å². The fourth-order valence-corrected chi connectivity index (χ4v) is 2.11. The molecule has 1 aromatic rings. The van der Waals surface area contributed by atoms with E-state index in [0.29, 0.717) is 17.7 Å². The monoisotopic (exact) mass is 268 g/mol. The highest BCUT2D eigenvalue weighted by atomic mass is 19.1. The Labute approximate surface area is 115 Å². The lowest BCUT2D eigenvalue weighted by molar-refractivity contribution is 0.141. The predicted octanol–water partition coefficient (Wildman–Crippen LogP) is 2.30. The van der Waals surface area contributed by atoms with Crippen LogP contribution in [0.5, 0.6) is 5.75 Å². The smallest absolute Gasteiger partial charge is 0.168 e. The minimum Gasteiger partial charge on any atom is -0.494 e. The van der Waals surface area contributed by atoms with Crippen LogP contribution in [0.15, 0.2) is 18.2 Å². The van der Waals surface area contributed by atoms with Crippen LogP contribution < -0.4 is 10.1 Å². The van der Waals surface area contributed by atoms with Crippen molar-refractivity contribution in [3.8, 4) is 5.75 Å². The van der Waals surface area contributed by atoms with E-state index in [1.54, 1.807) is 6.07 Å². The van der Waals surface area contributed by atoms with E-state index in [-0.39, 0.29) is 17.4 Å². The first-order valence-electron chi connectivity index (χ1n) is 6.50. The summed E-state index contributed by atoms with van der Waals surface area (Å²) in [5, 5.41) is 3.29. The van der Waals surface area contributed by atoms with E-state index in [2.05, 4.69) is 24.1 Å². The van der Waals surface area contributed by atoms with Crippen molar-refractivity contribution in [3.05, 3.63) is 29.6 Å². The molecular formula is C15H25FN2O. The summed E-state index contributed by atoms with van der Waals surface area (Å²) in [4.78, 5) is 2.15. The zero-order valence-electron chi connectivity index (χ0n) is 12.7. The van der Waals surface area contributed by atoms with E-state index in [1.807, 2.05) is 33.3 Å². The summed E-state index contributed by atoms with van der Waals surface area (Å²) >= 11 is 0. The standard InChI is InChI=1S/C15H25FN2O/c1-15(2,18(4)5)13(17-3)10-11-8-7-9-12(19-6)14(11)16/h7-9,13,17H,10H2,1-6H3. The summed E-state index contributed by atoms with van der Waals surface area (Å²) in [5.41, 5.74) is 0.596. The Morgan fingerprint density at radius 2 is 2.00 bits per heavy atom. The quantitative estimate of drug-likeness (QED) is 0.857. The molecule has 1 N–H and O–H groups in total. The van der Waals surface area contributed by atoms with E-state index < -0.39 is 0 Å². The molecule has 0 radical (unpaired) electrons. The molecule has 4 heteroatoms. The second-order valence-electron chi connectivity index (χ2n) is 5.53. The molecule has 1 atom stereocenters. The lowest BCUT2D eigenvalue weighted by atomic mass is 9.88. The van der Waals surface area contributed by atoms with E-state index in [1.165, 1.54) is 7.11 Å².